The van der Waals surface area contributed by atoms with E-state index in [1.165, 1.54) is 6.07 Å². The van der Waals surface area contributed by atoms with Crippen molar-refractivity contribution in [1.29, 1.82) is 0 Å². The third-order valence-corrected chi connectivity index (χ3v) is 3.81. The Balaban J connectivity index is 1.99. The van der Waals surface area contributed by atoms with Gasteiger partial charge in [-0.15, -0.1) is 11.8 Å². The zero-order valence-electron chi connectivity index (χ0n) is 10.7. The quantitative estimate of drug-likeness (QED) is 0.660. The number of nitrogens with one attached hydrogen (secondary N) is 1. The van der Waals surface area contributed by atoms with Gasteiger partial charge in [0.2, 0.25) is 5.91 Å². The molecule has 0 radical (unpaired) electrons. The smallest absolute Gasteiger partial charge is 0.234 e. The van der Waals surface area contributed by atoms with E-state index in [0.717, 1.165) is 30.0 Å². The lowest BCUT2D eigenvalue weighted by molar-refractivity contribution is -0.113. The van der Waals surface area contributed by atoms with Crippen LogP contribution in [0.5, 0.6) is 0 Å². The number of thioether (sulfide) groups is 1. The fourth-order valence-corrected chi connectivity index (χ4v) is 2.49. The van der Waals surface area contributed by atoms with Crippen molar-refractivity contribution in [3.8, 4) is 0 Å². The first-order valence-electron chi connectivity index (χ1n) is 5.88. The SMILES string of the molecule is Nc1ccc(Cl)cc1NC(=O)CSc1cc(F)ccc1F. The Hall–Kier alpha value is -1.79. The lowest BCUT2D eigenvalue weighted by atomic mass is 10.2. The van der Waals surface area contributed by atoms with E-state index in [-0.39, 0.29) is 10.6 Å². The molecular weight excluding hydrogens is 318 g/mol. The number of carbonyl (C=O) groups is 1. The van der Waals surface area contributed by atoms with E-state index in [2.05, 4.69) is 5.32 Å². The van der Waals surface area contributed by atoms with Crippen molar-refractivity contribution < 1.29 is 13.6 Å². The van der Waals surface area contributed by atoms with Crippen molar-refractivity contribution in [3.63, 3.8) is 0 Å². The Bertz CT molecular complexity index is 682. The highest BCUT2D eigenvalue weighted by molar-refractivity contribution is 8.00. The summed E-state index contributed by atoms with van der Waals surface area (Å²) < 4.78 is 26.4. The first kappa shape index (κ1) is 15.6. The Morgan fingerprint density at radius 3 is 2.76 bits per heavy atom. The molecule has 0 spiro atoms. The number of rotatable bonds is 4. The third-order valence-electron chi connectivity index (χ3n) is 2.54. The van der Waals surface area contributed by atoms with E-state index in [0.29, 0.717) is 16.4 Å². The van der Waals surface area contributed by atoms with Gasteiger partial charge in [-0.1, -0.05) is 11.6 Å². The molecule has 0 heterocycles. The molecule has 110 valence electrons. The minimum atomic E-state index is -0.573. The van der Waals surface area contributed by atoms with Crippen LogP contribution >= 0.6 is 23.4 Å². The number of carbonyl (C=O) groups excluding carboxylic acids is 1. The maximum atomic E-state index is 13.4. The molecule has 1 amide bonds. The van der Waals surface area contributed by atoms with Crippen LogP contribution in [0.4, 0.5) is 20.2 Å². The van der Waals surface area contributed by atoms with Crippen LogP contribution in [0, 0.1) is 11.6 Å². The van der Waals surface area contributed by atoms with Crippen LogP contribution in [0.1, 0.15) is 0 Å². The molecule has 0 saturated heterocycles. The van der Waals surface area contributed by atoms with E-state index in [1.807, 2.05) is 0 Å². The van der Waals surface area contributed by atoms with Gasteiger partial charge < -0.3 is 11.1 Å². The molecule has 0 unspecified atom stereocenters. The van der Waals surface area contributed by atoms with Gasteiger partial charge in [0.25, 0.3) is 0 Å². The van der Waals surface area contributed by atoms with E-state index in [4.69, 9.17) is 17.3 Å². The Morgan fingerprint density at radius 2 is 2.00 bits per heavy atom. The van der Waals surface area contributed by atoms with E-state index in [1.54, 1.807) is 12.1 Å². The first-order chi connectivity index (χ1) is 9.95. The van der Waals surface area contributed by atoms with Crippen molar-refractivity contribution in [2.75, 3.05) is 16.8 Å². The van der Waals surface area contributed by atoms with Crippen LogP contribution in [0.3, 0.4) is 0 Å². The van der Waals surface area contributed by atoms with E-state index in [9.17, 15) is 13.6 Å². The van der Waals surface area contributed by atoms with Gasteiger partial charge in [-0.05, 0) is 36.4 Å². The number of nitrogens with two attached hydrogens (primary N) is 1. The molecule has 0 aliphatic rings. The number of hydrogen-bond donors (Lipinski definition) is 2. The molecule has 21 heavy (non-hydrogen) atoms. The third kappa shape index (κ3) is 4.34. The Morgan fingerprint density at radius 1 is 1.24 bits per heavy atom. The molecule has 2 aromatic carbocycles. The molecule has 2 aromatic rings. The summed E-state index contributed by atoms with van der Waals surface area (Å²) in [5.41, 5.74) is 6.45. The largest absolute Gasteiger partial charge is 0.397 e. The molecule has 0 saturated carbocycles. The van der Waals surface area contributed by atoms with Crippen molar-refractivity contribution in [1.82, 2.24) is 0 Å². The van der Waals surface area contributed by atoms with Crippen LogP contribution in [0.2, 0.25) is 5.02 Å². The summed E-state index contributed by atoms with van der Waals surface area (Å²) in [4.78, 5) is 11.9. The lowest BCUT2D eigenvalue weighted by Crippen LogP contribution is -2.15. The summed E-state index contributed by atoms with van der Waals surface area (Å²) in [6.07, 6.45) is 0. The van der Waals surface area contributed by atoms with Gasteiger partial charge in [-0.25, -0.2) is 8.78 Å². The summed E-state index contributed by atoms with van der Waals surface area (Å²) in [6, 6.07) is 7.76. The van der Waals surface area contributed by atoms with E-state index < -0.39 is 17.5 Å². The molecule has 0 bridgehead atoms. The van der Waals surface area contributed by atoms with Gasteiger partial charge in [-0.3, -0.25) is 4.79 Å². The second-order valence-electron chi connectivity index (χ2n) is 4.14. The monoisotopic (exact) mass is 328 g/mol. The van der Waals surface area contributed by atoms with Crippen molar-refractivity contribution in [3.05, 3.63) is 53.1 Å². The second kappa shape index (κ2) is 6.78. The topological polar surface area (TPSA) is 55.1 Å². The minimum absolute atomic E-state index is 0.0733. The fourth-order valence-electron chi connectivity index (χ4n) is 1.55. The van der Waals surface area contributed by atoms with Crippen molar-refractivity contribution in [2.45, 2.75) is 4.90 Å². The van der Waals surface area contributed by atoms with Gasteiger partial charge in [0, 0.05) is 9.92 Å². The highest BCUT2D eigenvalue weighted by Crippen LogP contribution is 2.25. The minimum Gasteiger partial charge on any atom is -0.397 e. The molecule has 3 N–H and O–H groups in total. The predicted molar refractivity (Wildman–Crippen MR) is 81.6 cm³/mol. The highest BCUT2D eigenvalue weighted by atomic mass is 35.5. The Kier molecular flexibility index (Phi) is 5.03. The predicted octanol–water partition coefficient (Wildman–Crippen LogP) is 3.93. The van der Waals surface area contributed by atoms with Gasteiger partial charge in [0.05, 0.1) is 17.1 Å². The van der Waals surface area contributed by atoms with Crippen LogP contribution in [-0.4, -0.2) is 11.7 Å². The summed E-state index contributed by atoms with van der Waals surface area (Å²) in [5, 5.41) is 3.00. The summed E-state index contributed by atoms with van der Waals surface area (Å²) in [6.45, 7) is 0. The molecule has 0 aromatic heterocycles. The molecule has 3 nitrogen and oxygen atoms in total. The second-order valence-corrected chi connectivity index (χ2v) is 5.60. The number of nitrogen functional groups attached to an aromatic ring is 1. The van der Waals surface area contributed by atoms with E-state index >= 15 is 0 Å². The van der Waals surface area contributed by atoms with Crippen LogP contribution in [0.25, 0.3) is 0 Å². The number of hydrogen-bond acceptors (Lipinski definition) is 3. The zero-order chi connectivity index (χ0) is 15.4. The van der Waals surface area contributed by atoms with Crippen molar-refractivity contribution in [2.24, 2.45) is 0 Å². The molecule has 0 aliphatic carbocycles. The van der Waals surface area contributed by atoms with Gasteiger partial charge in [0.1, 0.15) is 11.6 Å². The lowest BCUT2D eigenvalue weighted by Gasteiger charge is -2.08. The van der Waals surface area contributed by atoms with Crippen LogP contribution in [-0.2, 0) is 4.79 Å². The maximum Gasteiger partial charge on any atom is 0.234 e. The van der Waals surface area contributed by atoms with Crippen molar-refractivity contribution >= 4 is 40.6 Å². The molecule has 2 rings (SSSR count). The number of anilines is 2. The summed E-state index contributed by atoms with van der Waals surface area (Å²) in [7, 11) is 0. The average molecular weight is 329 g/mol. The molecule has 0 fully saturated rings. The normalized spacial score (nSPS) is 10.4. The molecular formula is C14H11ClF2N2OS. The standard InChI is InChI=1S/C14H11ClF2N2OS/c15-8-1-4-11(18)12(5-8)19-14(20)7-21-13-6-9(16)2-3-10(13)17/h1-6H,7,18H2,(H,19,20). The summed E-state index contributed by atoms with van der Waals surface area (Å²) in [5.74, 6) is -1.60. The van der Waals surface area contributed by atoms with Gasteiger partial charge in [-0.2, -0.15) is 0 Å². The molecule has 7 heteroatoms. The number of amides is 1. The average Bonchev–Trinajstić information content (AvgIpc) is 2.44. The Labute approximate surface area is 129 Å². The first-order valence-corrected chi connectivity index (χ1v) is 7.25. The fraction of sp³-hybridized carbons (Fsp3) is 0.0714. The van der Waals surface area contributed by atoms with Crippen LogP contribution < -0.4 is 11.1 Å². The zero-order valence-corrected chi connectivity index (χ0v) is 12.3. The summed E-state index contributed by atoms with van der Waals surface area (Å²) >= 11 is 6.71. The molecule has 0 atom stereocenters. The highest BCUT2D eigenvalue weighted by Gasteiger charge is 2.10. The van der Waals surface area contributed by atoms with Gasteiger partial charge in [0.15, 0.2) is 0 Å². The van der Waals surface area contributed by atoms with Gasteiger partial charge >= 0.3 is 0 Å². The number of halogens is 3. The van der Waals surface area contributed by atoms with Crippen LogP contribution in [0.15, 0.2) is 41.3 Å². The maximum absolute atomic E-state index is 13.4. The molecule has 0 aliphatic heterocycles. The number of benzene rings is 2.